The van der Waals surface area contributed by atoms with Gasteiger partial charge in [-0.1, -0.05) is 30.3 Å². The monoisotopic (exact) mass is 326 g/mol. The summed E-state index contributed by atoms with van der Waals surface area (Å²) in [4.78, 5) is 16.3. The van der Waals surface area contributed by atoms with E-state index in [0.717, 1.165) is 12.3 Å². The molecule has 3 aromatic rings. The molecule has 7 heteroatoms. The largest absolute Gasteiger partial charge is 0.417 e. The molecule has 0 saturated heterocycles. The quantitative estimate of drug-likeness (QED) is 0.667. The number of imidazole rings is 1. The lowest BCUT2D eigenvalue weighted by atomic mass is 10.1. The number of pyridine rings is 1. The van der Waals surface area contributed by atoms with E-state index in [2.05, 4.69) is 4.98 Å². The maximum absolute atomic E-state index is 12.6. The number of carbonyl (C=O) groups excluding carboxylic acids is 1. The number of hydrogen-bond acceptors (Lipinski definition) is 2. The molecule has 0 amide bonds. The predicted molar refractivity (Wildman–Crippen MR) is 77.3 cm³/mol. The van der Waals surface area contributed by atoms with Gasteiger partial charge in [-0.25, -0.2) is 4.98 Å². The van der Waals surface area contributed by atoms with Gasteiger partial charge in [0.25, 0.3) is 0 Å². The van der Waals surface area contributed by atoms with Crippen molar-refractivity contribution in [3.05, 3.63) is 71.7 Å². The van der Waals surface area contributed by atoms with Gasteiger partial charge in [0.1, 0.15) is 11.3 Å². The highest BCUT2D eigenvalue weighted by atomic mass is 35.5. The minimum absolute atomic E-state index is 0. The summed E-state index contributed by atoms with van der Waals surface area (Å²) >= 11 is 0. The molecule has 0 saturated carbocycles. The molecule has 0 bridgehead atoms. The van der Waals surface area contributed by atoms with Crippen molar-refractivity contribution in [1.29, 1.82) is 0 Å². The van der Waals surface area contributed by atoms with Gasteiger partial charge in [0.15, 0.2) is 0 Å². The van der Waals surface area contributed by atoms with Crippen molar-refractivity contribution in [3.8, 4) is 0 Å². The van der Waals surface area contributed by atoms with Crippen LogP contribution in [-0.2, 0) is 6.18 Å². The van der Waals surface area contributed by atoms with Crippen LogP contribution in [0.2, 0.25) is 0 Å². The van der Waals surface area contributed by atoms with Crippen LogP contribution in [0.5, 0.6) is 0 Å². The van der Waals surface area contributed by atoms with Crippen LogP contribution < -0.4 is 0 Å². The van der Waals surface area contributed by atoms with Gasteiger partial charge in [0, 0.05) is 18.0 Å². The molecule has 0 aliphatic rings. The third-order valence-corrected chi connectivity index (χ3v) is 3.05. The van der Waals surface area contributed by atoms with Crippen LogP contribution in [0.15, 0.2) is 54.9 Å². The number of benzene rings is 1. The highest BCUT2D eigenvalue weighted by Crippen LogP contribution is 2.29. The Balaban J connectivity index is 0.00000176. The molecular formula is C15H10ClF3N2O. The Hall–Kier alpha value is -2.34. The van der Waals surface area contributed by atoms with Gasteiger partial charge in [0.2, 0.25) is 5.78 Å². The Morgan fingerprint density at radius 3 is 2.32 bits per heavy atom. The summed E-state index contributed by atoms with van der Waals surface area (Å²) < 4.78 is 39.1. The number of nitrogens with zero attached hydrogens (tertiary/aromatic N) is 2. The molecule has 0 atom stereocenters. The van der Waals surface area contributed by atoms with Gasteiger partial charge < -0.3 is 4.40 Å². The normalized spacial score (nSPS) is 11.2. The van der Waals surface area contributed by atoms with E-state index in [1.54, 1.807) is 30.3 Å². The molecule has 0 unspecified atom stereocenters. The van der Waals surface area contributed by atoms with E-state index in [0.29, 0.717) is 11.2 Å². The van der Waals surface area contributed by atoms with E-state index in [1.165, 1.54) is 16.7 Å². The molecule has 0 fully saturated rings. The number of carbonyl (C=O) groups is 1. The second-order valence-corrected chi connectivity index (χ2v) is 4.50. The number of ketones is 1. The first-order valence-electron chi connectivity index (χ1n) is 6.11. The van der Waals surface area contributed by atoms with Gasteiger partial charge in [-0.15, -0.1) is 12.4 Å². The predicted octanol–water partition coefficient (Wildman–Crippen LogP) is 4.01. The van der Waals surface area contributed by atoms with E-state index in [-0.39, 0.29) is 23.9 Å². The van der Waals surface area contributed by atoms with Gasteiger partial charge in [-0.3, -0.25) is 4.79 Å². The van der Waals surface area contributed by atoms with Gasteiger partial charge in [0.05, 0.1) is 5.56 Å². The number of halogens is 4. The molecule has 0 N–H and O–H groups in total. The molecule has 3 nitrogen and oxygen atoms in total. The molecule has 1 aromatic carbocycles. The second kappa shape index (κ2) is 5.81. The standard InChI is InChI=1S/C15H9F3N2O.ClH/c16-15(17,18)11-6-7-13-19-12(9-20(13)8-11)14(21)10-4-2-1-3-5-10;/h1-9H;1H. The molecule has 0 spiro atoms. The third-order valence-electron chi connectivity index (χ3n) is 3.05. The zero-order chi connectivity index (χ0) is 15.0. The fourth-order valence-corrected chi connectivity index (χ4v) is 2.01. The first kappa shape index (κ1) is 16.0. The number of fused-ring (bicyclic) bond motifs is 1. The van der Waals surface area contributed by atoms with Crippen molar-refractivity contribution >= 4 is 23.8 Å². The van der Waals surface area contributed by atoms with Crippen molar-refractivity contribution in [1.82, 2.24) is 9.38 Å². The Labute approximate surface area is 129 Å². The average molecular weight is 327 g/mol. The Bertz CT molecular complexity index is 813. The zero-order valence-corrected chi connectivity index (χ0v) is 11.9. The molecule has 0 aliphatic heterocycles. The Morgan fingerprint density at radius 2 is 1.68 bits per heavy atom. The summed E-state index contributed by atoms with van der Waals surface area (Å²) in [6, 6.07) is 10.6. The molecule has 2 heterocycles. The molecule has 22 heavy (non-hydrogen) atoms. The van der Waals surface area contributed by atoms with Crippen LogP contribution >= 0.6 is 12.4 Å². The summed E-state index contributed by atoms with van der Waals surface area (Å²) in [5, 5.41) is 0. The van der Waals surface area contributed by atoms with E-state index in [1.807, 2.05) is 0 Å². The molecular weight excluding hydrogens is 317 g/mol. The average Bonchev–Trinajstić information content (AvgIpc) is 2.89. The van der Waals surface area contributed by atoms with Crippen LogP contribution in [0.3, 0.4) is 0 Å². The highest BCUT2D eigenvalue weighted by Gasteiger charge is 2.31. The first-order chi connectivity index (χ1) is 9.95. The van der Waals surface area contributed by atoms with Crippen LogP contribution in [0.4, 0.5) is 13.2 Å². The SMILES string of the molecule is Cl.O=C(c1ccccc1)c1cn2cc(C(F)(F)F)ccc2n1. The Kier molecular flexibility index (Phi) is 4.23. The van der Waals surface area contributed by atoms with Crippen molar-refractivity contribution in [3.63, 3.8) is 0 Å². The topological polar surface area (TPSA) is 34.4 Å². The van der Waals surface area contributed by atoms with Crippen molar-refractivity contribution in [2.75, 3.05) is 0 Å². The fourth-order valence-electron chi connectivity index (χ4n) is 2.01. The summed E-state index contributed by atoms with van der Waals surface area (Å²) in [5.74, 6) is -0.326. The maximum Gasteiger partial charge on any atom is 0.417 e. The number of rotatable bonds is 2. The number of aromatic nitrogens is 2. The van der Waals surface area contributed by atoms with Crippen LogP contribution in [0, 0.1) is 0 Å². The highest BCUT2D eigenvalue weighted by molar-refractivity contribution is 6.07. The second-order valence-electron chi connectivity index (χ2n) is 4.50. The first-order valence-corrected chi connectivity index (χ1v) is 6.11. The van der Waals surface area contributed by atoms with Crippen molar-refractivity contribution < 1.29 is 18.0 Å². The van der Waals surface area contributed by atoms with Crippen molar-refractivity contribution in [2.24, 2.45) is 0 Å². The molecule has 0 aliphatic carbocycles. The van der Waals surface area contributed by atoms with Gasteiger partial charge >= 0.3 is 6.18 Å². The number of hydrogen-bond donors (Lipinski definition) is 0. The lowest BCUT2D eigenvalue weighted by Gasteiger charge is -2.05. The molecule has 3 rings (SSSR count). The minimum atomic E-state index is -4.43. The summed E-state index contributed by atoms with van der Waals surface area (Å²) in [6.45, 7) is 0. The summed E-state index contributed by atoms with van der Waals surface area (Å²) in [7, 11) is 0. The fraction of sp³-hybridized carbons (Fsp3) is 0.0667. The van der Waals surface area contributed by atoms with E-state index in [4.69, 9.17) is 0 Å². The lowest BCUT2D eigenvalue weighted by Crippen LogP contribution is -2.05. The van der Waals surface area contributed by atoms with Crippen LogP contribution in [-0.4, -0.2) is 15.2 Å². The summed E-state index contributed by atoms with van der Waals surface area (Å²) in [6.07, 6.45) is -2.20. The molecule has 2 aromatic heterocycles. The smallest absolute Gasteiger partial charge is 0.306 e. The lowest BCUT2D eigenvalue weighted by molar-refractivity contribution is -0.137. The van der Waals surface area contributed by atoms with E-state index < -0.39 is 11.7 Å². The number of alkyl halides is 3. The van der Waals surface area contributed by atoms with Gasteiger partial charge in [-0.05, 0) is 12.1 Å². The molecule has 114 valence electrons. The minimum Gasteiger partial charge on any atom is -0.306 e. The zero-order valence-electron chi connectivity index (χ0n) is 11.0. The van der Waals surface area contributed by atoms with Crippen LogP contribution in [0.25, 0.3) is 5.65 Å². The van der Waals surface area contributed by atoms with E-state index >= 15 is 0 Å². The van der Waals surface area contributed by atoms with Crippen molar-refractivity contribution in [2.45, 2.75) is 6.18 Å². The van der Waals surface area contributed by atoms with Gasteiger partial charge in [-0.2, -0.15) is 13.2 Å². The third kappa shape index (κ3) is 2.96. The summed E-state index contributed by atoms with van der Waals surface area (Å²) in [5.41, 5.74) is 0.0610. The molecule has 0 radical (unpaired) electrons. The van der Waals surface area contributed by atoms with Crippen LogP contribution in [0.1, 0.15) is 21.6 Å². The Morgan fingerprint density at radius 1 is 1.00 bits per heavy atom. The maximum atomic E-state index is 12.6. The van der Waals surface area contributed by atoms with E-state index in [9.17, 15) is 18.0 Å².